The van der Waals surface area contributed by atoms with E-state index in [9.17, 15) is 14.4 Å². The molecule has 0 aromatic heterocycles. The quantitative estimate of drug-likeness (QED) is 0.783. The molecule has 0 aliphatic carbocycles. The van der Waals surface area contributed by atoms with Crippen LogP contribution < -0.4 is 0 Å². The van der Waals surface area contributed by atoms with Gasteiger partial charge in [-0.1, -0.05) is 29.8 Å². The van der Waals surface area contributed by atoms with Crippen LogP contribution in [-0.4, -0.2) is 5.78 Å². The van der Waals surface area contributed by atoms with Crippen LogP contribution in [0.1, 0.15) is 27.4 Å². The first-order valence-electron chi connectivity index (χ1n) is 5.98. The van der Waals surface area contributed by atoms with E-state index in [1.807, 2.05) is 31.2 Å². The van der Waals surface area contributed by atoms with E-state index in [4.69, 9.17) is 0 Å². The number of carbonyl (C=O) groups is 1. The van der Waals surface area contributed by atoms with Crippen molar-refractivity contribution in [2.75, 3.05) is 0 Å². The molecule has 2 rings (SSSR count). The fourth-order valence-electron chi connectivity index (χ4n) is 1.95. The van der Waals surface area contributed by atoms with Crippen LogP contribution in [0, 0.1) is 24.1 Å². The van der Waals surface area contributed by atoms with Crippen molar-refractivity contribution in [2.45, 2.75) is 12.8 Å². The highest BCUT2D eigenvalue weighted by molar-refractivity contribution is 9.10. The molecule has 0 radical (unpaired) electrons. The Balaban J connectivity index is 2.39. The summed E-state index contributed by atoms with van der Waals surface area (Å²) in [6.07, 6.45) is 0. The molecule has 2 aromatic carbocycles. The Labute approximate surface area is 125 Å². The van der Waals surface area contributed by atoms with Crippen LogP contribution in [0.4, 0.5) is 4.39 Å². The lowest BCUT2D eigenvalue weighted by Gasteiger charge is -2.10. The standard InChI is InChI=1S/C16H11BrFNO/c1-10-3-2-4-11(7-10)13(9-19)16(20)12-5-6-15(18)14(17)8-12/h2-8,13H,1H3. The number of rotatable bonds is 3. The third kappa shape index (κ3) is 2.94. The average Bonchev–Trinajstić information content (AvgIpc) is 2.42. The maximum atomic E-state index is 13.2. The molecule has 0 aliphatic rings. The molecule has 0 N–H and O–H groups in total. The molecule has 0 amide bonds. The lowest BCUT2D eigenvalue weighted by molar-refractivity contribution is 0.0979. The van der Waals surface area contributed by atoms with Crippen molar-refractivity contribution in [3.05, 3.63) is 69.4 Å². The Hall–Kier alpha value is -1.99. The SMILES string of the molecule is Cc1cccc(C(C#N)C(=O)c2ccc(F)c(Br)c2)c1. The maximum Gasteiger partial charge on any atom is 0.184 e. The third-order valence-electron chi connectivity index (χ3n) is 2.97. The third-order valence-corrected chi connectivity index (χ3v) is 3.58. The molecule has 0 spiro atoms. The summed E-state index contributed by atoms with van der Waals surface area (Å²) in [6.45, 7) is 1.90. The predicted molar refractivity (Wildman–Crippen MR) is 78.0 cm³/mol. The van der Waals surface area contributed by atoms with Crippen LogP contribution in [-0.2, 0) is 0 Å². The molecule has 0 saturated carbocycles. The van der Waals surface area contributed by atoms with Gasteiger partial charge in [0.05, 0.1) is 10.5 Å². The van der Waals surface area contributed by atoms with Crippen molar-refractivity contribution < 1.29 is 9.18 Å². The fraction of sp³-hybridized carbons (Fsp3) is 0.125. The van der Waals surface area contributed by atoms with E-state index in [0.717, 1.165) is 5.56 Å². The van der Waals surface area contributed by atoms with E-state index in [1.165, 1.54) is 18.2 Å². The molecule has 0 saturated heterocycles. The number of aryl methyl sites for hydroxylation is 1. The highest BCUT2D eigenvalue weighted by Gasteiger charge is 2.22. The number of hydrogen-bond acceptors (Lipinski definition) is 2. The molecule has 100 valence electrons. The second-order valence-electron chi connectivity index (χ2n) is 4.47. The van der Waals surface area contributed by atoms with Gasteiger partial charge in [-0.25, -0.2) is 4.39 Å². The highest BCUT2D eigenvalue weighted by atomic mass is 79.9. The van der Waals surface area contributed by atoms with E-state index < -0.39 is 11.7 Å². The first-order valence-corrected chi connectivity index (χ1v) is 6.77. The van der Waals surface area contributed by atoms with Crippen molar-refractivity contribution in [1.29, 1.82) is 5.26 Å². The fourth-order valence-corrected chi connectivity index (χ4v) is 2.33. The normalized spacial score (nSPS) is 11.7. The minimum absolute atomic E-state index is 0.212. The smallest absolute Gasteiger partial charge is 0.184 e. The lowest BCUT2D eigenvalue weighted by Crippen LogP contribution is -2.11. The molecule has 0 aliphatic heterocycles. The van der Waals surface area contributed by atoms with Gasteiger partial charge in [0.25, 0.3) is 0 Å². The summed E-state index contributed by atoms with van der Waals surface area (Å²) in [4.78, 5) is 12.4. The zero-order valence-corrected chi connectivity index (χ0v) is 12.3. The van der Waals surface area contributed by atoms with Gasteiger partial charge in [0, 0.05) is 5.56 Å². The minimum atomic E-state index is -0.882. The number of nitriles is 1. The van der Waals surface area contributed by atoms with Gasteiger partial charge >= 0.3 is 0 Å². The van der Waals surface area contributed by atoms with Gasteiger partial charge < -0.3 is 0 Å². The van der Waals surface area contributed by atoms with Crippen LogP contribution in [0.3, 0.4) is 0 Å². The summed E-state index contributed by atoms with van der Waals surface area (Å²) in [5.74, 6) is -1.66. The number of carbonyl (C=O) groups excluding carboxylic acids is 1. The Morgan fingerprint density at radius 3 is 2.65 bits per heavy atom. The largest absolute Gasteiger partial charge is 0.292 e. The molecular formula is C16H11BrFNO. The summed E-state index contributed by atoms with van der Waals surface area (Å²) >= 11 is 3.04. The summed E-state index contributed by atoms with van der Waals surface area (Å²) in [5, 5.41) is 9.27. The Bertz CT molecular complexity index is 706. The van der Waals surface area contributed by atoms with Crippen LogP contribution in [0.5, 0.6) is 0 Å². The summed E-state index contributed by atoms with van der Waals surface area (Å²) in [5.41, 5.74) is 1.94. The Kier molecular flexibility index (Phi) is 4.31. The Morgan fingerprint density at radius 2 is 2.05 bits per heavy atom. The monoisotopic (exact) mass is 331 g/mol. The predicted octanol–water partition coefficient (Wildman–Crippen LogP) is 4.39. The summed E-state index contributed by atoms with van der Waals surface area (Å²) in [6, 6.07) is 13.3. The van der Waals surface area contributed by atoms with Gasteiger partial charge in [-0.2, -0.15) is 5.26 Å². The van der Waals surface area contributed by atoms with Gasteiger partial charge in [-0.05, 0) is 46.6 Å². The zero-order valence-electron chi connectivity index (χ0n) is 10.7. The number of nitrogens with zero attached hydrogens (tertiary/aromatic N) is 1. The second kappa shape index (κ2) is 5.98. The van der Waals surface area contributed by atoms with Gasteiger partial charge in [0.15, 0.2) is 5.78 Å². The topological polar surface area (TPSA) is 40.9 Å². The van der Waals surface area contributed by atoms with Crippen LogP contribution >= 0.6 is 15.9 Å². The van der Waals surface area contributed by atoms with E-state index >= 15 is 0 Å². The highest BCUT2D eigenvalue weighted by Crippen LogP contribution is 2.24. The first-order chi connectivity index (χ1) is 9.52. The van der Waals surface area contributed by atoms with Crippen LogP contribution in [0.25, 0.3) is 0 Å². The van der Waals surface area contributed by atoms with Crippen LogP contribution in [0.2, 0.25) is 0 Å². The number of ketones is 1. The maximum absolute atomic E-state index is 13.2. The van der Waals surface area contributed by atoms with Crippen molar-refractivity contribution in [3.8, 4) is 6.07 Å². The van der Waals surface area contributed by atoms with Gasteiger partial charge in [0.1, 0.15) is 11.7 Å². The molecule has 2 aromatic rings. The van der Waals surface area contributed by atoms with Crippen molar-refractivity contribution in [2.24, 2.45) is 0 Å². The molecule has 4 heteroatoms. The molecule has 1 unspecified atom stereocenters. The molecule has 0 bridgehead atoms. The number of halogens is 2. The van der Waals surface area contributed by atoms with Gasteiger partial charge in [-0.3, -0.25) is 4.79 Å². The van der Waals surface area contributed by atoms with E-state index in [0.29, 0.717) is 11.1 Å². The van der Waals surface area contributed by atoms with Crippen molar-refractivity contribution in [3.63, 3.8) is 0 Å². The van der Waals surface area contributed by atoms with Crippen molar-refractivity contribution in [1.82, 2.24) is 0 Å². The number of hydrogen-bond donors (Lipinski definition) is 0. The van der Waals surface area contributed by atoms with E-state index in [1.54, 1.807) is 6.07 Å². The minimum Gasteiger partial charge on any atom is -0.292 e. The number of Topliss-reactive ketones (excluding diaryl/α,β-unsaturated/α-hetero) is 1. The molecule has 0 fully saturated rings. The molecule has 20 heavy (non-hydrogen) atoms. The van der Waals surface area contributed by atoms with E-state index in [2.05, 4.69) is 15.9 Å². The molecule has 2 nitrogen and oxygen atoms in total. The lowest BCUT2D eigenvalue weighted by atomic mass is 9.91. The summed E-state index contributed by atoms with van der Waals surface area (Å²) in [7, 11) is 0. The average molecular weight is 332 g/mol. The first kappa shape index (κ1) is 14.4. The van der Waals surface area contributed by atoms with Crippen molar-refractivity contribution >= 4 is 21.7 Å². The van der Waals surface area contributed by atoms with Gasteiger partial charge in [-0.15, -0.1) is 0 Å². The Morgan fingerprint density at radius 1 is 1.30 bits per heavy atom. The molecule has 1 atom stereocenters. The van der Waals surface area contributed by atoms with Crippen LogP contribution in [0.15, 0.2) is 46.9 Å². The second-order valence-corrected chi connectivity index (χ2v) is 5.32. The summed E-state index contributed by atoms with van der Waals surface area (Å²) < 4.78 is 13.4. The van der Waals surface area contributed by atoms with Gasteiger partial charge in [0.2, 0.25) is 0 Å². The number of benzene rings is 2. The van der Waals surface area contributed by atoms with E-state index in [-0.39, 0.29) is 10.3 Å². The zero-order chi connectivity index (χ0) is 14.7. The molecule has 0 heterocycles. The molecular weight excluding hydrogens is 321 g/mol.